The topological polar surface area (TPSA) is 75.8 Å². The van der Waals surface area contributed by atoms with Crippen molar-refractivity contribution in [1.29, 1.82) is 0 Å². The number of amides is 1. The van der Waals surface area contributed by atoms with Crippen molar-refractivity contribution in [3.63, 3.8) is 0 Å². The third-order valence-electron chi connectivity index (χ3n) is 3.57. The molecule has 1 amide bonds. The summed E-state index contributed by atoms with van der Waals surface area (Å²) in [5.74, 6) is 0.846. The molecule has 1 fully saturated rings. The molecule has 1 aromatic carbocycles. The summed E-state index contributed by atoms with van der Waals surface area (Å²) in [7, 11) is 0. The maximum absolute atomic E-state index is 12.2. The van der Waals surface area contributed by atoms with E-state index in [0.29, 0.717) is 19.6 Å². The second-order valence-corrected chi connectivity index (χ2v) is 5.02. The molecule has 5 nitrogen and oxygen atoms in total. The van der Waals surface area contributed by atoms with E-state index >= 15 is 0 Å². The number of aliphatic hydroxyl groups is 1. The molecular formula is C15H22N2O3. The van der Waals surface area contributed by atoms with E-state index in [-0.39, 0.29) is 18.6 Å². The van der Waals surface area contributed by atoms with Crippen LogP contribution in [-0.4, -0.2) is 48.3 Å². The summed E-state index contributed by atoms with van der Waals surface area (Å²) < 4.78 is 5.40. The summed E-state index contributed by atoms with van der Waals surface area (Å²) in [4.78, 5) is 14.0. The monoisotopic (exact) mass is 278 g/mol. The van der Waals surface area contributed by atoms with Crippen molar-refractivity contribution >= 4 is 5.91 Å². The molecule has 1 aliphatic heterocycles. The second kappa shape index (κ2) is 7.26. The molecule has 0 aromatic heterocycles. The first kappa shape index (κ1) is 14.8. The van der Waals surface area contributed by atoms with Crippen LogP contribution in [0.3, 0.4) is 0 Å². The van der Waals surface area contributed by atoms with Gasteiger partial charge in [0.05, 0.1) is 19.1 Å². The van der Waals surface area contributed by atoms with Crippen molar-refractivity contribution in [2.75, 3.05) is 26.3 Å². The average molecular weight is 278 g/mol. The Labute approximate surface area is 119 Å². The Morgan fingerprint density at radius 3 is 2.80 bits per heavy atom. The zero-order chi connectivity index (χ0) is 14.4. The highest BCUT2D eigenvalue weighted by Gasteiger charge is 2.27. The number of aliphatic hydroxyl groups excluding tert-OH is 1. The summed E-state index contributed by atoms with van der Waals surface area (Å²) >= 11 is 0. The van der Waals surface area contributed by atoms with Crippen molar-refractivity contribution in [2.24, 2.45) is 5.73 Å². The first-order valence-electron chi connectivity index (χ1n) is 7.06. The molecule has 1 aliphatic rings. The minimum atomic E-state index is -0.00494. The van der Waals surface area contributed by atoms with E-state index in [4.69, 9.17) is 10.5 Å². The molecule has 5 heteroatoms. The number of carbonyl (C=O) groups is 1. The maximum Gasteiger partial charge on any atom is 0.227 e. The van der Waals surface area contributed by atoms with Crippen molar-refractivity contribution < 1.29 is 14.6 Å². The predicted molar refractivity (Wildman–Crippen MR) is 76.5 cm³/mol. The second-order valence-electron chi connectivity index (χ2n) is 5.02. The molecule has 20 heavy (non-hydrogen) atoms. The van der Waals surface area contributed by atoms with Gasteiger partial charge in [0.15, 0.2) is 0 Å². The molecule has 0 spiro atoms. The fourth-order valence-corrected chi connectivity index (χ4v) is 2.51. The number of benzene rings is 1. The minimum absolute atomic E-state index is 0.00494. The molecule has 1 atom stereocenters. The Morgan fingerprint density at radius 1 is 1.40 bits per heavy atom. The third-order valence-corrected chi connectivity index (χ3v) is 3.57. The largest absolute Gasteiger partial charge is 0.492 e. The van der Waals surface area contributed by atoms with Crippen molar-refractivity contribution in [2.45, 2.75) is 25.3 Å². The lowest BCUT2D eigenvalue weighted by Gasteiger charge is -2.23. The lowest BCUT2D eigenvalue weighted by Crippen LogP contribution is -2.38. The average Bonchev–Trinajstić information content (AvgIpc) is 2.95. The highest BCUT2D eigenvalue weighted by Crippen LogP contribution is 2.19. The fraction of sp³-hybridized carbons (Fsp3) is 0.533. The van der Waals surface area contributed by atoms with Gasteiger partial charge in [-0.1, -0.05) is 12.1 Å². The maximum atomic E-state index is 12.2. The van der Waals surface area contributed by atoms with E-state index in [9.17, 15) is 9.90 Å². The van der Waals surface area contributed by atoms with Crippen LogP contribution in [0, 0.1) is 0 Å². The van der Waals surface area contributed by atoms with E-state index in [1.54, 1.807) is 4.90 Å². The number of nitrogens with two attached hydrogens (primary N) is 1. The van der Waals surface area contributed by atoms with Gasteiger partial charge in [-0.15, -0.1) is 0 Å². The smallest absolute Gasteiger partial charge is 0.227 e. The minimum Gasteiger partial charge on any atom is -0.492 e. The Hall–Kier alpha value is -1.59. The van der Waals surface area contributed by atoms with Gasteiger partial charge in [-0.25, -0.2) is 0 Å². The van der Waals surface area contributed by atoms with Gasteiger partial charge in [0.2, 0.25) is 5.91 Å². The molecule has 0 unspecified atom stereocenters. The first-order chi connectivity index (χ1) is 9.74. The highest BCUT2D eigenvalue weighted by atomic mass is 16.5. The van der Waals surface area contributed by atoms with Crippen LogP contribution in [0.2, 0.25) is 0 Å². The van der Waals surface area contributed by atoms with Crippen LogP contribution in [0.4, 0.5) is 0 Å². The molecule has 1 saturated heterocycles. The third kappa shape index (κ3) is 3.71. The molecule has 1 heterocycles. The van der Waals surface area contributed by atoms with Gasteiger partial charge in [-0.3, -0.25) is 4.79 Å². The summed E-state index contributed by atoms with van der Waals surface area (Å²) in [6.07, 6.45) is 2.24. The molecule has 1 aromatic rings. The van der Waals surface area contributed by atoms with Gasteiger partial charge in [0.1, 0.15) is 12.4 Å². The van der Waals surface area contributed by atoms with Gasteiger partial charge in [-0.2, -0.15) is 0 Å². The van der Waals surface area contributed by atoms with Gasteiger partial charge >= 0.3 is 0 Å². The fourth-order valence-electron chi connectivity index (χ4n) is 2.51. The van der Waals surface area contributed by atoms with Gasteiger partial charge in [-0.05, 0) is 30.5 Å². The number of rotatable bonds is 6. The first-order valence-corrected chi connectivity index (χ1v) is 7.06. The van der Waals surface area contributed by atoms with E-state index in [0.717, 1.165) is 30.7 Å². The Bertz CT molecular complexity index is 433. The van der Waals surface area contributed by atoms with Crippen molar-refractivity contribution in [1.82, 2.24) is 4.90 Å². The van der Waals surface area contributed by atoms with Gasteiger partial charge in [0, 0.05) is 13.1 Å². The SMILES string of the molecule is NCCOc1ccc(CC(=O)N2CCC[C@@H]2CO)cc1. The van der Waals surface area contributed by atoms with Crippen LogP contribution in [0.25, 0.3) is 0 Å². The summed E-state index contributed by atoms with van der Waals surface area (Å²) in [5, 5.41) is 9.25. The van der Waals surface area contributed by atoms with Crippen LogP contribution < -0.4 is 10.5 Å². The zero-order valence-electron chi connectivity index (χ0n) is 11.6. The van der Waals surface area contributed by atoms with Crippen LogP contribution in [0.1, 0.15) is 18.4 Å². The van der Waals surface area contributed by atoms with Crippen molar-refractivity contribution in [3.05, 3.63) is 29.8 Å². The number of hydrogen-bond donors (Lipinski definition) is 2. The number of carbonyl (C=O) groups excluding carboxylic acids is 1. The highest BCUT2D eigenvalue weighted by molar-refractivity contribution is 5.79. The molecule has 0 bridgehead atoms. The lowest BCUT2D eigenvalue weighted by molar-refractivity contribution is -0.131. The van der Waals surface area contributed by atoms with E-state index in [1.165, 1.54) is 0 Å². The number of ether oxygens (including phenoxy) is 1. The number of hydrogen-bond acceptors (Lipinski definition) is 4. The number of nitrogens with zero attached hydrogens (tertiary/aromatic N) is 1. The van der Waals surface area contributed by atoms with Crippen LogP contribution in [0.15, 0.2) is 24.3 Å². The molecule has 0 aliphatic carbocycles. The number of likely N-dealkylation sites (tertiary alicyclic amines) is 1. The van der Waals surface area contributed by atoms with Crippen molar-refractivity contribution in [3.8, 4) is 5.75 Å². The van der Waals surface area contributed by atoms with E-state index in [1.807, 2.05) is 24.3 Å². The molecule has 110 valence electrons. The predicted octanol–water partition coefficient (Wildman–Crippen LogP) is 0.550. The Kier molecular flexibility index (Phi) is 5.38. The summed E-state index contributed by atoms with van der Waals surface area (Å²) in [5.41, 5.74) is 6.33. The van der Waals surface area contributed by atoms with E-state index in [2.05, 4.69) is 0 Å². The molecule has 3 N–H and O–H groups in total. The Balaban J connectivity index is 1.90. The van der Waals surface area contributed by atoms with Gasteiger partial charge in [0.25, 0.3) is 0 Å². The zero-order valence-corrected chi connectivity index (χ0v) is 11.6. The normalized spacial score (nSPS) is 18.3. The van der Waals surface area contributed by atoms with E-state index < -0.39 is 0 Å². The molecular weight excluding hydrogens is 256 g/mol. The molecule has 2 rings (SSSR count). The lowest BCUT2D eigenvalue weighted by atomic mass is 10.1. The summed E-state index contributed by atoms with van der Waals surface area (Å²) in [6.45, 7) is 1.78. The van der Waals surface area contributed by atoms with Crippen LogP contribution in [-0.2, 0) is 11.2 Å². The van der Waals surface area contributed by atoms with Gasteiger partial charge < -0.3 is 20.5 Å². The standard InChI is InChI=1S/C15H22N2O3/c16-7-9-20-14-5-3-12(4-6-14)10-15(19)17-8-1-2-13(17)11-18/h3-6,13,18H,1-2,7-11,16H2/t13-/m1/s1. The van der Waals surface area contributed by atoms with Crippen LogP contribution in [0.5, 0.6) is 5.75 Å². The quantitative estimate of drug-likeness (QED) is 0.797. The molecule has 0 saturated carbocycles. The van der Waals surface area contributed by atoms with Crippen LogP contribution >= 0.6 is 0 Å². The summed E-state index contributed by atoms with van der Waals surface area (Å²) in [6, 6.07) is 7.49. The molecule has 0 radical (unpaired) electrons. The Morgan fingerprint density at radius 2 is 2.15 bits per heavy atom.